The van der Waals surface area contributed by atoms with E-state index in [1.54, 1.807) is 25.1 Å². The highest BCUT2D eigenvalue weighted by Crippen LogP contribution is 2.39. The molecule has 0 saturated heterocycles. The van der Waals surface area contributed by atoms with E-state index in [2.05, 4.69) is 6.07 Å². The van der Waals surface area contributed by atoms with Gasteiger partial charge in [-0.2, -0.15) is 0 Å². The molecule has 3 heterocycles. The third-order valence-corrected chi connectivity index (χ3v) is 3.77. The molecule has 2 aromatic carbocycles. The Balaban J connectivity index is 2.30. The molecule has 3 aromatic heterocycles. The van der Waals surface area contributed by atoms with Gasteiger partial charge in [0.1, 0.15) is 17.4 Å². The Hall–Kier alpha value is -2.68. The third-order valence-electron chi connectivity index (χ3n) is 3.77. The minimum absolute atomic E-state index is 0.874. The summed E-state index contributed by atoms with van der Waals surface area (Å²) in [7, 11) is 0. The second-order valence-corrected chi connectivity index (χ2v) is 4.68. The molecule has 90 valence electrons. The van der Waals surface area contributed by atoms with Crippen LogP contribution in [-0.4, -0.2) is 0 Å². The Labute approximate surface area is 107 Å². The first-order chi connectivity index (χ1) is 9.43. The van der Waals surface area contributed by atoms with Gasteiger partial charge in [0.2, 0.25) is 0 Å². The molecule has 0 aliphatic carbocycles. The van der Waals surface area contributed by atoms with Crippen LogP contribution < -0.4 is 0 Å². The molecule has 0 bridgehead atoms. The van der Waals surface area contributed by atoms with Gasteiger partial charge in [0, 0.05) is 21.5 Å². The molecule has 0 fully saturated rings. The van der Waals surface area contributed by atoms with Crippen molar-refractivity contribution in [2.45, 2.75) is 0 Å². The zero-order valence-electron chi connectivity index (χ0n) is 9.84. The van der Waals surface area contributed by atoms with Crippen molar-refractivity contribution in [2.75, 3.05) is 0 Å². The van der Waals surface area contributed by atoms with Crippen LogP contribution in [-0.2, 0) is 0 Å². The number of hydrogen-bond donors (Lipinski definition) is 0. The van der Waals surface area contributed by atoms with E-state index in [4.69, 9.17) is 13.3 Å². The molecule has 0 unspecified atom stereocenters. The maximum atomic E-state index is 5.61. The number of rotatable bonds is 0. The normalized spacial score (nSPS) is 12.2. The van der Waals surface area contributed by atoms with Crippen LogP contribution in [0, 0.1) is 0 Å². The highest BCUT2D eigenvalue weighted by molar-refractivity contribution is 6.29. The molecular formula is C16H8O3. The van der Waals surface area contributed by atoms with E-state index in [1.165, 1.54) is 0 Å². The van der Waals surface area contributed by atoms with Gasteiger partial charge < -0.3 is 13.3 Å². The van der Waals surface area contributed by atoms with Crippen molar-refractivity contribution < 1.29 is 13.3 Å². The van der Waals surface area contributed by atoms with E-state index >= 15 is 0 Å². The van der Waals surface area contributed by atoms with E-state index in [0.29, 0.717) is 0 Å². The molecule has 3 nitrogen and oxygen atoms in total. The second kappa shape index (κ2) is 3.01. The lowest BCUT2D eigenvalue weighted by atomic mass is 9.99. The standard InChI is InChI=1S/C16H8O3/c1-2-14-11(4-5-18-14)15-9(1)10-3-6-19-16(10)13-8-17-7-12(13)15/h1-8H. The van der Waals surface area contributed by atoms with Crippen LogP contribution in [0.3, 0.4) is 0 Å². The van der Waals surface area contributed by atoms with Crippen LogP contribution in [0.1, 0.15) is 0 Å². The van der Waals surface area contributed by atoms with Gasteiger partial charge in [0.05, 0.1) is 24.2 Å². The van der Waals surface area contributed by atoms with Crippen molar-refractivity contribution in [1.82, 2.24) is 0 Å². The lowest BCUT2D eigenvalue weighted by Crippen LogP contribution is -1.77. The van der Waals surface area contributed by atoms with E-state index in [0.717, 1.165) is 43.5 Å². The van der Waals surface area contributed by atoms with Crippen LogP contribution in [0.4, 0.5) is 0 Å². The summed E-state index contributed by atoms with van der Waals surface area (Å²) in [5.41, 5.74) is 1.76. The van der Waals surface area contributed by atoms with Crippen molar-refractivity contribution in [2.24, 2.45) is 0 Å². The molecule has 5 aromatic rings. The lowest BCUT2D eigenvalue weighted by Gasteiger charge is -2.02. The fraction of sp³-hybridized carbons (Fsp3) is 0. The van der Waals surface area contributed by atoms with Gasteiger partial charge in [-0.15, -0.1) is 0 Å². The monoisotopic (exact) mass is 248 g/mol. The molecular weight excluding hydrogens is 240 g/mol. The maximum Gasteiger partial charge on any atom is 0.145 e. The molecule has 0 aliphatic heterocycles. The Kier molecular flexibility index (Phi) is 1.47. The van der Waals surface area contributed by atoms with Crippen molar-refractivity contribution in [3.05, 3.63) is 49.3 Å². The minimum atomic E-state index is 0.874. The van der Waals surface area contributed by atoms with Crippen molar-refractivity contribution >= 4 is 43.5 Å². The molecule has 0 amide bonds. The highest BCUT2D eigenvalue weighted by Gasteiger charge is 2.15. The maximum absolute atomic E-state index is 5.61. The molecule has 3 heteroatoms. The van der Waals surface area contributed by atoms with Crippen LogP contribution in [0.2, 0.25) is 0 Å². The smallest absolute Gasteiger partial charge is 0.145 e. The molecule has 19 heavy (non-hydrogen) atoms. The topological polar surface area (TPSA) is 39.4 Å². The zero-order valence-corrected chi connectivity index (χ0v) is 9.84. The van der Waals surface area contributed by atoms with Gasteiger partial charge in [-0.1, -0.05) is 0 Å². The number of fused-ring (bicyclic) bond motifs is 8. The van der Waals surface area contributed by atoms with Gasteiger partial charge in [-0.05, 0) is 29.7 Å². The fourth-order valence-corrected chi connectivity index (χ4v) is 2.96. The Morgan fingerprint density at radius 1 is 0.632 bits per heavy atom. The average molecular weight is 248 g/mol. The number of furan rings is 3. The van der Waals surface area contributed by atoms with Crippen molar-refractivity contribution in [3.8, 4) is 0 Å². The lowest BCUT2D eigenvalue weighted by molar-refractivity contribution is 0.571. The quantitative estimate of drug-likeness (QED) is 0.383. The molecule has 0 radical (unpaired) electrons. The molecule has 0 N–H and O–H groups in total. The largest absolute Gasteiger partial charge is 0.471 e. The third kappa shape index (κ3) is 0.993. The first-order valence-corrected chi connectivity index (χ1v) is 6.08. The second-order valence-electron chi connectivity index (χ2n) is 4.68. The summed E-state index contributed by atoms with van der Waals surface area (Å²) < 4.78 is 16.5. The number of benzene rings is 2. The minimum Gasteiger partial charge on any atom is -0.471 e. The predicted molar refractivity (Wildman–Crippen MR) is 73.3 cm³/mol. The highest BCUT2D eigenvalue weighted by atomic mass is 16.3. The number of hydrogen-bond acceptors (Lipinski definition) is 3. The van der Waals surface area contributed by atoms with Gasteiger partial charge >= 0.3 is 0 Å². The Morgan fingerprint density at radius 3 is 2.47 bits per heavy atom. The first kappa shape index (κ1) is 9.28. The van der Waals surface area contributed by atoms with E-state index in [1.807, 2.05) is 18.2 Å². The Bertz CT molecular complexity index is 1060. The summed E-state index contributed by atoms with van der Waals surface area (Å²) in [6.45, 7) is 0. The molecule has 0 spiro atoms. The van der Waals surface area contributed by atoms with Gasteiger partial charge in [0.25, 0.3) is 0 Å². The fourth-order valence-electron chi connectivity index (χ4n) is 2.96. The summed E-state index contributed by atoms with van der Waals surface area (Å²) in [5.74, 6) is 0. The Morgan fingerprint density at radius 2 is 1.47 bits per heavy atom. The average Bonchev–Trinajstić information content (AvgIpc) is 3.17. The molecule has 5 rings (SSSR count). The van der Waals surface area contributed by atoms with Crippen molar-refractivity contribution in [3.63, 3.8) is 0 Å². The van der Waals surface area contributed by atoms with Crippen LogP contribution in [0.25, 0.3) is 43.5 Å². The molecule has 0 aliphatic rings. The van der Waals surface area contributed by atoms with Crippen LogP contribution in [0.15, 0.2) is 62.6 Å². The summed E-state index contributed by atoms with van der Waals surface area (Å²) in [4.78, 5) is 0. The summed E-state index contributed by atoms with van der Waals surface area (Å²) in [5, 5.41) is 6.58. The first-order valence-electron chi connectivity index (χ1n) is 6.08. The SMILES string of the molecule is c1cc2c(ccc3c4ccoc4c4cocc4c23)o1. The summed E-state index contributed by atoms with van der Waals surface area (Å²) in [6, 6.07) is 8.06. The van der Waals surface area contributed by atoms with E-state index < -0.39 is 0 Å². The molecule has 0 atom stereocenters. The van der Waals surface area contributed by atoms with Crippen LogP contribution >= 0.6 is 0 Å². The zero-order chi connectivity index (χ0) is 12.4. The summed E-state index contributed by atoms with van der Waals surface area (Å²) >= 11 is 0. The molecule has 0 saturated carbocycles. The van der Waals surface area contributed by atoms with E-state index in [9.17, 15) is 0 Å². The predicted octanol–water partition coefficient (Wildman–Crippen LogP) is 5.08. The van der Waals surface area contributed by atoms with Gasteiger partial charge in [-0.3, -0.25) is 0 Å². The van der Waals surface area contributed by atoms with Crippen LogP contribution in [0.5, 0.6) is 0 Å². The van der Waals surface area contributed by atoms with Gasteiger partial charge in [0.15, 0.2) is 0 Å². The van der Waals surface area contributed by atoms with Gasteiger partial charge in [-0.25, -0.2) is 0 Å². The summed E-state index contributed by atoms with van der Waals surface area (Å²) in [6.07, 6.45) is 6.94. The van der Waals surface area contributed by atoms with E-state index in [-0.39, 0.29) is 0 Å². The van der Waals surface area contributed by atoms with Crippen molar-refractivity contribution in [1.29, 1.82) is 0 Å².